The van der Waals surface area contributed by atoms with Crippen molar-refractivity contribution in [2.24, 2.45) is 0 Å². The number of hydrogen-bond donors (Lipinski definition) is 1. The van der Waals surface area contributed by atoms with Crippen LogP contribution in [0, 0.1) is 12.7 Å². The summed E-state index contributed by atoms with van der Waals surface area (Å²) in [7, 11) is 0. The van der Waals surface area contributed by atoms with Crippen LogP contribution < -0.4 is 0 Å². The second-order valence-electron chi connectivity index (χ2n) is 4.61. The zero-order valence-electron chi connectivity index (χ0n) is 11.0. The number of nitrogens with zero attached hydrogens (tertiary/aromatic N) is 2. The highest BCUT2D eigenvalue weighted by molar-refractivity contribution is 6.33. The van der Waals surface area contributed by atoms with E-state index in [0.29, 0.717) is 16.8 Å². The van der Waals surface area contributed by atoms with Crippen LogP contribution in [0.1, 0.15) is 16.1 Å². The van der Waals surface area contributed by atoms with Crippen LogP contribution in [-0.2, 0) is 0 Å². The van der Waals surface area contributed by atoms with Crippen molar-refractivity contribution in [3.8, 4) is 11.1 Å². The topological polar surface area (TPSA) is 54.6 Å². The summed E-state index contributed by atoms with van der Waals surface area (Å²) in [6.45, 7) is 1.73. The fraction of sp³-hybridized carbons (Fsp3) is 0.0667. The minimum Gasteiger partial charge on any atom is -0.478 e. The summed E-state index contributed by atoms with van der Waals surface area (Å²) in [4.78, 5) is 11.0. The smallest absolute Gasteiger partial charge is 0.337 e. The fourth-order valence-corrected chi connectivity index (χ4v) is 2.60. The molecule has 3 aromatic rings. The Labute approximate surface area is 124 Å². The first-order chi connectivity index (χ1) is 9.99. The number of carboxylic acid groups (broad SMARTS) is 1. The number of aromatic carboxylic acids is 1. The van der Waals surface area contributed by atoms with Gasteiger partial charge in [0.1, 0.15) is 5.82 Å². The standard InChI is InChI=1S/C15H10ClFN2O2/c1-8-13(14-10(16)3-2-4-11(14)17)12-6-5-9(15(20)21)7-19(12)18-8/h2-7H,1H3,(H,20,21). The summed E-state index contributed by atoms with van der Waals surface area (Å²) >= 11 is 6.10. The lowest BCUT2D eigenvalue weighted by molar-refractivity contribution is 0.0696. The molecule has 1 aromatic carbocycles. The lowest BCUT2D eigenvalue weighted by Gasteiger charge is -2.05. The van der Waals surface area contributed by atoms with Crippen LogP contribution in [0.3, 0.4) is 0 Å². The van der Waals surface area contributed by atoms with Gasteiger partial charge < -0.3 is 5.11 Å². The highest BCUT2D eigenvalue weighted by Gasteiger charge is 2.18. The number of halogens is 2. The molecule has 21 heavy (non-hydrogen) atoms. The monoisotopic (exact) mass is 304 g/mol. The van der Waals surface area contributed by atoms with E-state index in [1.165, 1.54) is 28.9 Å². The van der Waals surface area contributed by atoms with E-state index in [1.54, 1.807) is 19.1 Å². The summed E-state index contributed by atoms with van der Waals surface area (Å²) in [5.41, 5.74) is 2.12. The Kier molecular flexibility index (Phi) is 3.14. The second kappa shape index (κ2) is 4.86. The zero-order chi connectivity index (χ0) is 15.1. The third-order valence-corrected chi connectivity index (χ3v) is 3.58. The molecular formula is C15H10ClFN2O2. The predicted molar refractivity (Wildman–Crippen MR) is 77.3 cm³/mol. The van der Waals surface area contributed by atoms with Gasteiger partial charge in [0, 0.05) is 17.3 Å². The minimum absolute atomic E-state index is 0.108. The van der Waals surface area contributed by atoms with E-state index in [4.69, 9.17) is 16.7 Å². The number of fused-ring (bicyclic) bond motifs is 1. The third kappa shape index (κ3) is 2.15. The second-order valence-corrected chi connectivity index (χ2v) is 5.02. The molecule has 0 spiro atoms. The number of aryl methyl sites for hydroxylation is 1. The van der Waals surface area contributed by atoms with Gasteiger partial charge in [-0.1, -0.05) is 17.7 Å². The van der Waals surface area contributed by atoms with Gasteiger partial charge in [-0.25, -0.2) is 13.7 Å². The maximum absolute atomic E-state index is 14.1. The molecule has 0 saturated heterocycles. The molecule has 0 aliphatic rings. The number of hydrogen-bond acceptors (Lipinski definition) is 2. The number of carboxylic acids is 1. The average Bonchev–Trinajstić information content (AvgIpc) is 2.74. The van der Waals surface area contributed by atoms with Gasteiger partial charge in [-0.05, 0) is 31.2 Å². The van der Waals surface area contributed by atoms with Gasteiger partial charge in [0.25, 0.3) is 0 Å². The van der Waals surface area contributed by atoms with Crippen molar-refractivity contribution in [1.82, 2.24) is 9.61 Å². The van der Waals surface area contributed by atoms with Crippen LogP contribution in [-0.4, -0.2) is 20.7 Å². The lowest BCUT2D eigenvalue weighted by Crippen LogP contribution is -1.99. The lowest BCUT2D eigenvalue weighted by atomic mass is 10.0. The Hall–Kier alpha value is -2.40. The highest BCUT2D eigenvalue weighted by atomic mass is 35.5. The molecule has 2 aromatic heterocycles. The normalized spacial score (nSPS) is 11.0. The van der Waals surface area contributed by atoms with Crippen molar-refractivity contribution in [3.05, 3.63) is 58.6 Å². The largest absolute Gasteiger partial charge is 0.478 e. The van der Waals surface area contributed by atoms with Crippen LogP contribution in [0.2, 0.25) is 5.02 Å². The molecule has 3 rings (SSSR count). The Balaban J connectivity index is 2.33. The van der Waals surface area contributed by atoms with Crippen molar-refractivity contribution in [1.29, 1.82) is 0 Å². The van der Waals surface area contributed by atoms with Crippen molar-refractivity contribution in [2.45, 2.75) is 6.92 Å². The molecule has 0 atom stereocenters. The minimum atomic E-state index is -1.05. The van der Waals surface area contributed by atoms with Gasteiger partial charge in [0.05, 0.1) is 21.8 Å². The van der Waals surface area contributed by atoms with Crippen LogP contribution in [0.25, 0.3) is 16.6 Å². The maximum atomic E-state index is 14.1. The Morgan fingerprint density at radius 1 is 1.29 bits per heavy atom. The van der Waals surface area contributed by atoms with Gasteiger partial charge in [0.2, 0.25) is 0 Å². The molecule has 1 N–H and O–H groups in total. The number of carbonyl (C=O) groups is 1. The van der Waals surface area contributed by atoms with E-state index < -0.39 is 11.8 Å². The number of aromatic nitrogens is 2. The molecule has 2 heterocycles. The molecule has 0 saturated carbocycles. The van der Waals surface area contributed by atoms with Gasteiger partial charge in [-0.3, -0.25) is 0 Å². The molecule has 0 unspecified atom stereocenters. The van der Waals surface area contributed by atoms with Crippen molar-refractivity contribution in [2.75, 3.05) is 0 Å². The quantitative estimate of drug-likeness (QED) is 0.783. The number of rotatable bonds is 2. The van der Waals surface area contributed by atoms with Crippen LogP contribution in [0.15, 0.2) is 36.5 Å². The zero-order valence-corrected chi connectivity index (χ0v) is 11.7. The Bertz CT molecular complexity index is 853. The van der Waals surface area contributed by atoms with Crippen LogP contribution >= 0.6 is 11.6 Å². The van der Waals surface area contributed by atoms with Crippen LogP contribution in [0.4, 0.5) is 4.39 Å². The summed E-state index contributed by atoms with van der Waals surface area (Å²) in [5, 5.41) is 13.5. The Morgan fingerprint density at radius 2 is 2.05 bits per heavy atom. The van der Waals surface area contributed by atoms with Gasteiger partial charge in [0.15, 0.2) is 0 Å². The van der Waals surface area contributed by atoms with E-state index in [0.717, 1.165) is 0 Å². The highest BCUT2D eigenvalue weighted by Crippen LogP contribution is 2.35. The van der Waals surface area contributed by atoms with Crippen molar-refractivity contribution in [3.63, 3.8) is 0 Å². The molecule has 0 aliphatic carbocycles. The molecule has 4 nitrogen and oxygen atoms in total. The summed E-state index contributed by atoms with van der Waals surface area (Å²) in [5.74, 6) is -1.49. The van der Waals surface area contributed by atoms with Gasteiger partial charge >= 0.3 is 5.97 Å². The molecule has 0 fully saturated rings. The van der Waals surface area contributed by atoms with E-state index in [2.05, 4.69) is 5.10 Å². The fourth-order valence-electron chi connectivity index (χ4n) is 2.34. The summed E-state index contributed by atoms with van der Waals surface area (Å²) < 4.78 is 15.5. The van der Waals surface area contributed by atoms with E-state index >= 15 is 0 Å². The summed E-state index contributed by atoms with van der Waals surface area (Å²) in [6.07, 6.45) is 1.39. The van der Waals surface area contributed by atoms with Gasteiger partial charge in [-0.15, -0.1) is 0 Å². The maximum Gasteiger partial charge on any atom is 0.337 e. The first-order valence-corrected chi connectivity index (χ1v) is 6.53. The molecule has 0 radical (unpaired) electrons. The number of pyridine rings is 1. The molecule has 0 aliphatic heterocycles. The molecular weight excluding hydrogens is 295 g/mol. The molecule has 106 valence electrons. The molecule has 0 bridgehead atoms. The SMILES string of the molecule is Cc1nn2cc(C(=O)O)ccc2c1-c1c(F)cccc1Cl. The molecule has 6 heteroatoms. The third-order valence-electron chi connectivity index (χ3n) is 3.26. The van der Waals surface area contributed by atoms with Crippen LogP contribution in [0.5, 0.6) is 0 Å². The molecule has 0 amide bonds. The summed E-state index contributed by atoms with van der Waals surface area (Å²) in [6, 6.07) is 7.52. The van der Waals surface area contributed by atoms with Crippen molar-refractivity contribution >= 4 is 23.1 Å². The van der Waals surface area contributed by atoms with Gasteiger partial charge in [-0.2, -0.15) is 5.10 Å². The van der Waals surface area contributed by atoms with Crippen molar-refractivity contribution < 1.29 is 14.3 Å². The van der Waals surface area contributed by atoms with E-state index in [9.17, 15) is 9.18 Å². The van der Waals surface area contributed by atoms with E-state index in [-0.39, 0.29) is 16.1 Å². The average molecular weight is 305 g/mol. The predicted octanol–water partition coefficient (Wildman–Crippen LogP) is 3.80. The van der Waals surface area contributed by atoms with E-state index in [1.807, 2.05) is 0 Å². The Morgan fingerprint density at radius 3 is 2.71 bits per heavy atom. The number of benzene rings is 1. The first-order valence-electron chi connectivity index (χ1n) is 6.15. The first kappa shape index (κ1) is 13.6.